The second-order valence-corrected chi connectivity index (χ2v) is 5.14. The fraction of sp³-hybridized carbons (Fsp3) is 0.125. The van der Waals surface area contributed by atoms with Crippen molar-refractivity contribution in [2.75, 3.05) is 5.32 Å². The highest BCUT2D eigenvalue weighted by atomic mass is 35.5. The molecule has 22 heavy (non-hydrogen) atoms. The van der Waals surface area contributed by atoms with Crippen molar-refractivity contribution in [3.8, 4) is 0 Å². The monoisotopic (exact) mass is 319 g/mol. The van der Waals surface area contributed by atoms with Crippen molar-refractivity contribution in [3.63, 3.8) is 0 Å². The van der Waals surface area contributed by atoms with Crippen LogP contribution in [0.3, 0.4) is 0 Å². The van der Waals surface area contributed by atoms with Gasteiger partial charge in [0.15, 0.2) is 0 Å². The minimum Gasteiger partial charge on any atom is -0.480 e. The van der Waals surface area contributed by atoms with E-state index in [1.807, 2.05) is 24.3 Å². The quantitative estimate of drug-likeness (QED) is 0.791. The van der Waals surface area contributed by atoms with Crippen molar-refractivity contribution in [3.05, 3.63) is 64.7 Å². The molecule has 0 unspecified atom stereocenters. The Labute approximate surface area is 132 Å². The van der Waals surface area contributed by atoms with Crippen LogP contribution in [0.5, 0.6) is 0 Å². The molecule has 1 aliphatic rings. The summed E-state index contributed by atoms with van der Waals surface area (Å²) >= 11 is 5.52. The van der Waals surface area contributed by atoms with Gasteiger partial charge in [0.25, 0.3) is 0 Å². The molecule has 6 heteroatoms. The Hall–Kier alpha value is -2.53. The highest BCUT2D eigenvalue weighted by molar-refractivity contribution is 6.30. The topological polar surface area (TPSA) is 86.6 Å². The number of carboxylic acid groups (broad SMARTS) is 2. The van der Waals surface area contributed by atoms with Crippen LogP contribution in [0.2, 0.25) is 5.02 Å². The third kappa shape index (κ3) is 3.99. The maximum absolute atomic E-state index is 10.6. The fourth-order valence-electron chi connectivity index (χ4n) is 2.04. The number of carboxylic acids is 2. The normalized spacial score (nSPS) is 15.0. The average molecular weight is 320 g/mol. The van der Waals surface area contributed by atoms with Crippen LogP contribution in [-0.2, 0) is 11.2 Å². The Kier molecular flexibility index (Phi) is 5.01. The van der Waals surface area contributed by atoms with Gasteiger partial charge in [-0.25, -0.2) is 9.59 Å². The molecule has 2 aromatic rings. The van der Waals surface area contributed by atoms with E-state index in [-0.39, 0.29) is 5.56 Å². The molecular formula is C16H14ClNO4. The number of hydrogen-bond acceptors (Lipinski definition) is 3. The van der Waals surface area contributed by atoms with Gasteiger partial charge < -0.3 is 15.5 Å². The Morgan fingerprint density at radius 1 is 1.05 bits per heavy atom. The Balaban J connectivity index is 0.000000164. The largest absolute Gasteiger partial charge is 0.480 e. The first-order valence-electron chi connectivity index (χ1n) is 6.53. The molecule has 5 nitrogen and oxygen atoms in total. The van der Waals surface area contributed by atoms with Gasteiger partial charge in [-0.15, -0.1) is 0 Å². The highest BCUT2D eigenvalue weighted by Crippen LogP contribution is 2.24. The third-order valence-electron chi connectivity index (χ3n) is 3.16. The Morgan fingerprint density at radius 2 is 1.68 bits per heavy atom. The molecular weight excluding hydrogens is 306 g/mol. The Bertz CT molecular complexity index is 660. The summed E-state index contributed by atoms with van der Waals surface area (Å²) in [5.41, 5.74) is 2.29. The van der Waals surface area contributed by atoms with Crippen LogP contribution < -0.4 is 5.32 Å². The number of benzene rings is 2. The van der Waals surface area contributed by atoms with E-state index in [0.717, 1.165) is 11.3 Å². The number of para-hydroxylation sites is 1. The van der Waals surface area contributed by atoms with E-state index in [0.29, 0.717) is 11.4 Å². The summed E-state index contributed by atoms with van der Waals surface area (Å²) in [6.45, 7) is 0. The van der Waals surface area contributed by atoms with Crippen LogP contribution in [-0.4, -0.2) is 28.2 Å². The molecule has 0 aromatic heterocycles. The van der Waals surface area contributed by atoms with Gasteiger partial charge in [0, 0.05) is 17.1 Å². The fourth-order valence-corrected chi connectivity index (χ4v) is 2.17. The van der Waals surface area contributed by atoms with E-state index in [2.05, 4.69) is 5.32 Å². The van der Waals surface area contributed by atoms with Crippen LogP contribution in [0.25, 0.3) is 0 Å². The summed E-state index contributed by atoms with van der Waals surface area (Å²) < 4.78 is 0. The number of rotatable bonds is 2. The minimum absolute atomic E-state index is 0.254. The van der Waals surface area contributed by atoms with Crippen molar-refractivity contribution in [1.82, 2.24) is 0 Å². The van der Waals surface area contributed by atoms with Crippen LogP contribution in [0, 0.1) is 0 Å². The van der Waals surface area contributed by atoms with Gasteiger partial charge in [-0.05, 0) is 35.9 Å². The van der Waals surface area contributed by atoms with E-state index >= 15 is 0 Å². The average Bonchev–Trinajstić information content (AvgIpc) is 2.92. The lowest BCUT2D eigenvalue weighted by Gasteiger charge is -2.02. The van der Waals surface area contributed by atoms with Crippen LogP contribution >= 0.6 is 11.6 Å². The number of fused-ring (bicyclic) bond motifs is 1. The lowest BCUT2D eigenvalue weighted by molar-refractivity contribution is -0.137. The van der Waals surface area contributed by atoms with Gasteiger partial charge in [-0.2, -0.15) is 0 Å². The summed E-state index contributed by atoms with van der Waals surface area (Å²) in [5.74, 6) is -1.72. The Morgan fingerprint density at radius 3 is 2.23 bits per heavy atom. The van der Waals surface area contributed by atoms with Crippen molar-refractivity contribution in [2.45, 2.75) is 12.5 Å². The molecule has 2 aromatic carbocycles. The van der Waals surface area contributed by atoms with Crippen molar-refractivity contribution >= 4 is 29.2 Å². The first-order chi connectivity index (χ1) is 10.5. The summed E-state index contributed by atoms with van der Waals surface area (Å²) in [6.07, 6.45) is 0.589. The standard InChI is InChI=1S/C9H9NO2.C7H5ClO2/c11-9(12)8-5-6-3-1-2-4-7(6)10-8;8-6-3-1-5(2-4-6)7(9)10/h1-4,8,10H,5H2,(H,11,12);1-4H,(H,9,10)/t8-;/m1./s1. The van der Waals surface area contributed by atoms with Crippen LogP contribution in [0.4, 0.5) is 5.69 Å². The number of aliphatic carboxylic acids is 1. The van der Waals surface area contributed by atoms with E-state index in [1.54, 1.807) is 12.1 Å². The number of aromatic carboxylic acids is 1. The van der Waals surface area contributed by atoms with E-state index in [1.165, 1.54) is 12.1 Å². The zero-order valence-electron chi connectivity index (χ0n) is 11.5. The van der Waals surface area contributed by atoms with Gasteiger partial charge in [0.05, 0.1) is 5.56 Å². The predicted octanol–water partition coefficient (Wildman–Crippen LogP) is 3.15. The summed E-state index contributed by atoms with van der Waals surface area (Å²) in [4.78, 5) is 20.9. The third-order valence-corrected chi connectivity index (χ3v) is 3.41. The van der Waals surface area contributed by atoms with Gasteiger partial charge in [-0.1, -0.05) is 29.8 Å². The number of carbonyl (C=O) groups is 2. The molecule has 0 spiro atoms. The highest BCUT2D eigenvalue weighted by Gasteiger charge is 2.25. The second kappa shape index (κ2) is 6.95. The van der Waals surface area contributed by atoms with Gasteiger partial charge >= 0.3 is 11.9 Å². The van der Waals surface area contributed by atoms with E-state index in [4.69, 9.17) is 21.8 Å². The zero-order chi connectivity index (χ0) is 16.1. The van der Waals surface area contributed by atoms with Crippen molar-refractivity contribution < 1.29 is 19.8 Å². The summed E-state index contributed by atoms with van der Waals surface area (Å²) in [5, 5.41) is 20.6. The first kappa shape index (κ1) is 15.9. The molecule has 1 heterocycles. The summed E-state index contributed by atoms with van der Waals surface area (Å²) in [7, 11) is 0. The molecule has 1 atom stereocenters. The molecule has 114 valence electrons. The van der Waals surface area contributed by atoms with Crippen molar-refractivity contribution in [2.24, 2.45) is 0 Å². The molecule has 0 bridgehead atoms. The number of halogens is 1. The second-order valence-electron chi connectivity index (χ2n) is 4.71. The van der Waals surface area contributed by atoms with Crippen molar-refractivity contribution in [1.29, 1.82) is 0 Å². The first-order valence-corrected chi connectivity index (χ1v) is 6.91. The zero-order valence-corrected chi connectivity index (χ0v) is 12.2. The molecule has 0 aliphatic carbocycles. The maximum Gasteiger partial charge on any atom is 0.335 e. The molecule has 0 saturated heterocycles. The van der Waals surface area contributed by atoms with E-state index < -0.39 is 18.0 Å². The maximum atomic E-state index is 10.6. The number of nitrogens with one attached hydrogen (secondary N) is 1. The molecule has 1 aliphatic heterocycles. The van der Waals surface area contributed by atoms with E-state index in [9.17, 15) is 9.59 Å². The predicted molar refractivity (Wildman–Crippen MR) is 83.6 cm³/mol. The molecule has 3 N–H and O–H groups in total. The van der Waals surface area contributed by atoms with Crippen LogP contribution in [0.1, 0.15) is 15.9 Å². The molecule has 0 radical (unpaired) electrons. The van der Waals surface area contributed by atoms with Crippen LogP contribution in [0.15, 0.2) is 48.5 Å². The molecule has 0 amide bonds. The SMILES string of the molecule is O=C(O)[C@H]1Cc2ccccc2N1.O=C(O)c1ccc(Cl)cc1. The smallest absolute Gasteiger partial charge is 0.335 e. The number of anilines is 1. The molecule has 0 saturated carbocycles. The number of hydrogen-bond donors (Lipinski definition) is 3. The lowest BCUT2D eigenvalue weighted by Crippen LogP contribution is -2.26. The van der Waals surface area contributed by atoms with Gasteiger partial charge in [0.1, 0.15) is 6.04 Å². The van der Waals surface area contributed by atoms with Gasteiger partial charge in [0.2, 0.25) is 0 Å². The van der Waals surface area contributed by atoms with Gasteiger partial charge in [-0.3, -0.25) is 0 Å². The minimum atomic E-state index is -0.934. The lowest BCUT2D eigenvalue weighted by atomic mass is 10.1. The molecule has 0 fully saturated rings. The molecule has 3 rings (SSSR count). The summed E-state index contributed by atoms with van der Waals surface area (Å²) in [6, 6.07) is 13.2.